The highest BCUT2D eigenvalue weighted by Crippen LogP contribution is 2.34. The summed E-state index contributed by atoms with van der Waals surface area (Å²) < 4.78 is 49.7. The highest BCUT2D eigenvalue weighted by atomic mass is 79.9. The van der Waals surface area contributed by atoms with Gasteiger partial charge in [0.05, 0.1) is 49.8 Å². The third-order valence-electron chi connectivity index (χ3n) is 5.33. The fourth-order valence-corrected chi connectivity index (χ4v) is 5.19. The Morgan fingerprint density at radius 2 is 1.53 bits per heavy atom. The molecule has 38 heavy (non-hydrogen) atoms. The summed E-state index contributed by atoms with van der Waals surface area (Å²) in [6.07, 6.45) is 0. The molecule has 0 bridgehead atoms. The number of carbonyl (C=O) groups excluding carboxylic acids is 2. The van der Waals surface area contributed by atoms with Crippen LogP contribution >= 0.6 is 15.9 Å². The van der Waals surface area contributed by atoms with Gasteiger partial charge < -0.3 is 24.3 Å². The van der Waals surface area contributed by atoms with E-state index >= 15 is 0 Å². The molecule has 0 aromatic heterocycles. The van der Waals surface area contributed by atoms with Gasteiger partial charge in [-0.05, 0) is 55.5 Å². The van der Waals surface area contributed by atoms with Crippen LogP contribution in [0.3, 0.4) is 0 Å². The quantitative estimate of drug-likeness (QED) is 0.317. The van der Waals surface area contributed by atoms with Crippen molar-refractivity contribution in [2.75, 3.05) is 44.1 Å². The molecule has 0 fully saturated rings. The summed E-state index contributed by atoms with van der Waals surface area (Å²) in [4.78, 5) is 25.6. The van der Waals surface area contributed by atoms with Crippen LogP contribution in [0.4, 0.5) is 11.4 Å². The molecule has 0 atom stereocenters. The summed E-state index contributed by atoms with van der Waals surface area (Å²) in [7, 11) is -0.162. The van der Waals surface area contributed by atoms with Crippen molar-refractivity contribution in [3.05, 3.63) is 70.7 Å². The van der Waals surface area contributed by atoms with Crippen molar-refractivity contribution in [1.29, 1.82) is 0 Å². The summed E-state index contributed by atoms with van der Waals surface area (Å²) in [5.74, 6) is -0.389. The summed E-state index contributed by atoms with van der Waals surface area (Å²) in [5.41, 5.74) is 0.307. The van der Waals surface area contributed by atoms with Crippen molar-refractivity contribution in [1.82, 2.24) is 0 Å². The Morgan fingerprint density at radius 1 is 0.921 bits per heavy atom. The predicted molar refractivity (Wildman–Crippen MR) is 146 cm³/mol. The van der Waals surface area contributed by atoms with Gasteiger partial charge in [-0.2, -0.15) is 0 Å². The van der Waals surface area contributed by atoms with Crippen LogP contribution < -0.4 is 23.8 Å². The van der Waals surface area contributed by atoms with Crippen molar-refractivity contribution < 1.29 is 37.0 Å². The van der Waals surface area contributed by atoms with Gasteiger partial charge in [-0.1, -0.05) is 15.9 Å². The molecule has 10 nitrogen and oxygen atoms in total. The first-order valence-electron chi connectivity index (χ1n) is 11.3. The second kappa shape index (κ2) is 12.7. The van der Waals surface area contributed by atoms with Crippen LogP contribution in [0.5, 0.6) is 17.2 Å². The minimum atomic E-state index is -4.16. The molecule has 12 heteroatoms. The lowest BCUT2D eigenvalue weighted by atomic mass is 10.1. The lowest BCUT2D eigenvalue weighted by Gasteiger charge is -2.24. The summed E-state index contributed by atoms with van der Waals surface area (Å²) in [5, 5.41) is 2.60. The second-order valence-corrected chi connectivity index (χ2v) is 10.5. The third-order valence-corrected chi connectivity index (χ3v) is 7.64. The lowest BCUT2D eigenvalue weighted by Crippen LogP contribution is -2.38. The number of benzene rings is 3. The maximum atomic E-state index is 13.6. The number of amides is 1. The zero-order valence-electron chi connectivity index (χ0n) is 21.2. The van der Waals surface area contributed by atoms with Gasteiger partial charge in [0.25, 0.3) is 10.0 Å². The topological polar surface area (TPSA) is 120 Å². The van der Waals surface area contributed by atoms with E-state index in [1.165, 1.54) is 45.6 Å². The number of methoxy groups -OCH3 is 3. The first-order chi connectivity index (χ1) is 18.1. The van der Waals surface area contributed by atoms with E-state index in [1.807, 2.05) is 6.92 Å². The molecule has 0 aliphatic carbocycles. The van der Waals surface area contributed by atoms with Gasteiger partial charge in [0.15, 0.2) is 11.5 Å². The second-order valence-electron chi connectivity index (χ2n) is 7.69. The van der Waals surface area contributed by atoms with Crippen molar-refractivity contribution in [3.63, 3.8) is 0 Å². The highest BCUT2D eigenvalue weighted by molar-refractivity contribution is 9.10. The number of nitrogens with one attached hydrogen (secondary N) is 1. The van der Waals surface area contributed by atoms with E-state index in [0.29, 0.717) is 16.8 Å². The average molecular weight is 607 g/mol. The minimum Gasteiger partial charge on any atom is -0.494 e. The summed E-state index contributed by atoms with van der Waals surface area (Å²) in [6.45, 7) is 1.68. The van der Waals surface area contributed by atoms with Crippen molar-refractivity contribution in [3.8, 4) is 17.2 Å². The molecule has 0 spiro atoms. The molecule has 1 N–H and O–H groups in total. The Kier molecular flexibility index (Phi) is 9.59. The Morgan fingerprint density at radius 3 is 2.08 bits per heavy atom. The molecule has 3 rings (SSSR count). The van der Waals surface area contributed by atoms with Crippen LogP contribution in [0.1, 0.15) is 17.3 Å². The van der Waals surface area contributed by atoms with E-state index in [4.69, 9.17) is 18.9 Å². The number of esters is 1. The molecule has 0 aliphatic rings. The molecule has 0 radical (unpaired) electrons. The zero-order valence-corrected chi connectivity index (χ0v) is 23.6. The molecule has 1 amide bonds. The molecule has 0 saturated carbocycles. The molecule has 3 aromatic rings. The predicted octanol–water partition coefficient (Wildman–Crippen LogP) is 4.49. The number of halogens is 1. The van der Waals surface area contributed by atoms with Crippen LogP contribution in [0, 0.1) is 0 Å². The monoisotopic (exact) mass is 606 g/mol. The maximum Gasteiger partial charge on any atom is 0.340 e. The number of ether oxygens (including phenoxy) is 4. The molecule has 202 valence electrons. The Labute approximate surface area is 229 Å². The van der Waals surface area contributed by atoms with Gasteiger partial charge in [-0.15, -0.1) is 0 Å². The molecular weight excluding hydrogens is 580 g/mol. The van der Waals surface area contributed by atoms with Crippen molar-refractivity contribution in [2.24, 2.45) is 0 Å². The molecule has 0 saturated heterocycles. The number of carbonyl (C=O) groups is 2. The van der Waals surface area contributed by atoms with E-state index < -0.39 is 28.4 Å². The first-order valence-corrected chi connectivity index (χ1v) is 13.5. The Hall–Kier alpha value is -3.77. The number of anilines is 2. The number of rotatable bonds is 11. The molecule has 0 unspecified atom stereocenters. The number of hydrogen-bond donors (Lipinski definition) is 1. The zero-order chi connectivity index (χ0) is 27.9. The fraction of sp³-hybridized carbons (Fsp3) is 0.231. The molecule has 0 heterocycles. The molecule has 0 aliphatic heterocycles. The fourth-order valence-electron chi connectivity index (χ4n) is 3.51. The van der Waals surface area contributed by atoms with Crippen molar-refractivity contribution >= 4 is 49.2 Å². The smallest absolute Gasteiger partial charge is 0.340 e. The Bertz CT molecular complexity index is 1390. The van der Waals surface area contributed by atoms with Crippen LogP contribution in [0.15, 0.2) is 70.0 Å². The van der Waals surface area contributed by atoms with Gasteiger partial charge >= 0.3 is 5.97 Å². The van der Waals surface area contributed by atoms with Gasteiger partial charge in [-0.3, -0.25) is 9.10 Å². The van der Waals surface area contributed by atoms with Gasteiger partial charge in [0, 0.05) is 16.6 Å². The number of hydrogen-bond acceptors (Lipinski definition) is 8. The number of nitrogens with zero attached hydrogens (tertiary/aromatic N) is 1. The van der Waals surface area contributed by atoms with Crippen LogP contribution in [0.25, 0.3) is 0 Å². The first kappa shape index (κ1) is 28.8. The van der Waals surface area contributed by atoms with Gasteiger partial charge in [-0.25, -0.2) is 13.2 Å². The van der Waals surface area contributed by atoms with Gasteiger partial charge in [0.1, 0.15) is 12.3 Å². The summed E-state index contributed by atoms with van der Waals surface area (Å²) >= 11 is 3.30. The van der Waals surface area contributed by atoms with Crippen molar-refractivity contribution in [2.45, 2.75) is 11.8 Å². The normalized spacial score (nSPS) is 10.9. The van der Waals surface area contributed by atoms with Crippen LogP contribution in [0.2, 0.25) is 0 Å². The van der Waals surface area contributed by atoms with Crippen LogP contribution in [-0.2, 0) is 19.6 Å². The SMILES string of the molecule is CCOc1ccc(N(CC(=O)Nc2cc(OC)c(OC)cc2C(=O)OC)S(=O)(=O)c2ccc(Br)cc2)cc1. The average Bonchev–Trinajstić information content (AvgIpc) is 2.92. The van der Waals surface area contributed by atoms with E-state index in [-0.39, 0.29) is 33.3 Å². The van der Waals surface area contributed by atoms with E-state index in [9.17, 15) is 18.0 Å². The third kappa shape index (κ3) is 6.56. The Balaban J connectivity index is 2.01. The maximum absolute atomic E-state index is 13.6. The van der Waals surface area contributed by atoms with Crippen LogP contribution in [-0.4, -0.2) is 54.8 Å². The minimum absolute atomic E-state index is 0.00174. The molecular formula is C26H27BrN2O8S. The van der Waals surface area contributed by atoms with Gasteiger partial charge in [0.2, 0.25) is 5.91 Å². The highest BCUT2D eigenvalue weighted by Gasteiger charge is 2.28. The lowest BCUT2D eigenvalue weighted by molar-refractivity contribution is -0.114. The van der Waals surface area contributed by atoms with E-state index in [1.54, 1.807) is 36.4 Å². The standard InChI is InChI=1S/C26H27BrN2O8S/c1-5-37-19-10-8-18(9-11-19)29(38(32,33)20-12-6-17(27)7-13-20)16-25(30)28-22-15-24(35-3)23(34-2)14-21(22)26(31)36-4/h6-15H,5,16H2,1-4H3,(H,28,30). The molecule has 3 aromatic carbocycles. The van der Waals surface area contributed by atoms with E-state index in [2.05, 4.69) is 21.2 Å². The summed E-state index contributed by atoms with van der Waals surface area (Å²) in [6, 6.07) is 15.1. The van der Waals surface area contributed by atoms with E-state index in [0.717, 1.165) is 4.31 Å². The number of sulfonamides is 1. The largest absolute Gasteiger partial charge is 0.494 e.